The van der Waals surface area contributed by atoms with Crippen molar-refractivity contribution in [2.75, 3.05) is 19.8 Å². The van der Waals surface area contributed by atoms with Crippen LogP contribution < -0.4 is 11.2 Å². The zero-order chi connectivity index (χ0) is 13.3. The Balaban J connectivity index is 4.32. The molecular weight excluding hydrogens is 226 g/mol. The minimum absolute atomic E-state index is 0.0745. The molecule has 0 aromatic rings. The largest absolute Gasteiger partial charge is 0.326 e. The summed E-state index contributed by atoms with van der Waals surface area (Å²) in [7, 11) is 0. The third-order valence-corrected chi connectivity index (χ3v) is 1.83. The van der Waals surface area contributed by atoms with Crippen LogP contribution in [0, 0.1) is 0 Å². The predicted molar refractivity (Wildman–Crippen MR) is 60.5 cm³/mol. The molecule has 0 aromatic carbocycles. The van der Waals surface area contributed by atoms with Crippen molar-refractivity contribution in [1.29, 1.82) is 0 Å². The van der Waals surface area contributed by atoms with Crippen molar-refractivity contribution in [3.05, 3.63) is 0 Å². The molecule has 0 spiro atoms. The second kappa shape index (κ2) is 8.66. The highest BCUT2D eigenvalue weighted by molar-refractivity contribution is 5.88. The third-order valence-electron chi connectivity index (χ3n) is 1.83. The molecule has 0 atom stereocenters. The molecule has 2 amide bonds. The minimum atomic E-state index is -0.513. The van der Waals surface area contributed by atoms with Gasteiger partial charge in [0.2, 0.25) is 5.91 Å². The minimum Gasteiger partial charge on any atom is -0.326 e. The first-order valence-corrected chi connectivity index (χ1v) is 5.39. The topological polar surface area (TPSA) is 102 Å². The maximum atomic E-state index is 11.6. The van der Waals surface area contributed by atoms with Crippen LogP contribution in [0.5, 0.6) is 0 Å². The molecule has 0 bridgehead atoms. The van der Waals surface area contributed by atoms with Crippen molar-refractivity contribution in [3.63, 3.8) is 0 Å². The molecular formula is C10H19N3O4. The quantitative estimate of drug-likeness (QED) is 0.429. The number of carbonyl (C=O) groups excluding carboxylic acids is 3. The van der Waals surface area contributed by atoms with E-state index in [0.29, 0.717) is 12.8 Å². The average Bonchev–Trinajstić information content (AvgIpc) is 2.25. The van der Waals surface area contributed by atoms with E-state index in [2.05, 4.69) is 10.3 Å². The molecule has 0 saturated heterocycles. The molecule has 0 aliphatic carbocycles. The van der Waals surface area contributed by atoms with Gasteiger partial charge in [0.15, 0.2) is 0 Å². The van der Waals surface area contributed by atoms with E-state index in [9.17, 15) is 14.4 Å². The van der Waals surface area contributed by atoms with E-state index < -0.39 is 5.91 Å². The van der Waals surface area contributed by atoms with Gasteiger partial charge < -0.3 is 10.6 Å². The van der Waals surface area contributed by atoms with Gasteiger partial charge in [0.05, 0.1) is 6.54 Å². The first-order valence-electron chi connectivity index (χ1n) is 5.39. The summed E-state index contributed by atoms with van der Waals surface area (Å²) in [5.74, 6) is -0.922. The number of rotatable bonds is 8. The van der Waals surface area contributed by atoms with E-state index in [1.54, 1.807) is 0 Å². The molecule has 0 aliphatic heterocycles. The van der Waals surface area contributed by atoms with Crippen LogP contribution in [-0.4, -0.2) is 42.3 Å². The molecule has 17 heavy (non-hydrogen) atoms. The Bertz CT molecular complexity index is 281. The number of Topliss-reactive ketones (excluding diaryl/α,β-unsaturated/α-hetero) is 1. The number of nitrogens with two attached hydrogens (primary N) is 1. The normalized spacial score (nSPS) is 9.82. The Morgan fingerprint density at radius 3 is 2.41 bits per heavy atom. The summed E-state index contributed by atoms with van der Waals surface area (Å²) in [5.41, 5.74) is 7.09. The zero-order valence-corrected chi connectivity index (χ0v) is 10.2. The number of nitrogens with one attached hydrogen (secondary N) is 1. The number of nitrogens with zero attached hydrogens (tertiary/aromatic N) is 1. The SMILES string of the molecule is CCCC(=O)N(CC(C)=O)CC(=O)NOCN. The van der Waals surface area contributed by atoms with Gasteiger partial charge in [-0.2, -0.15) is 0 Å². The van der Waals surface area contributed by atoms with Gasteiger partial charge in [0.1, 0.15) is 19.1 Å². The molecule has 0 unspecified atom stereocenters. The van der Waals surface area contributed by atoms with Crippen molar-refractivity contribution >= 4 is 17.6 Å². The molecule has 7 nitrogen and oxygen atoms in total. The third kappa shape index (κ3) is 7.42. The molecule has 0 saturated carbocycles. The van der Waals surface area contributed by atoms with Crippen LogP contribution in [0.15, 0.2) is 0 Å². The van der Waals surface area contributed by atoms with Crippen LogP contribution in [0.3, 0.4) is 0 Å². The number of amides is 2. The molecule has 0 rings (SSSR count). The van der Waals surface area contributed by atoms with Gasteiger partial charge in [0, 0.05) is 6.42 Å². The fourth-order valence-electron chi connectivity index (χ4n) is 1.20. The monoisotopic (exact) mass is 245 g/mol. The smallest absolute Gasteiger partial charge is 0.263 e. The highest BCUT2D eigenvalue weighted by atomic mass is 16.7. The van der Waals surface area contributed by atoms with Gasteiger partial charge in [-0.3, -0.25) is 19.2 Å². The Hall–Kier alpha value is -1.47. The van der Waals surface area contributed by atoms with Crippen LogP contribution in [0.4, 0.5) is 0 Å². The van der Waals surface area contributed by atoms with Crippen LogP contribution in [0.2, 0.25) is 0 Å². The van der Waals surface area contributed by atoms with E-state index in [-0.39, 0.29) is 31.5 Å². The number of carbonyl (C=O) groups is 3. The standard InChI is InChI=1S/C10H19N3O4/c1-3-4-10(16)13(5-8(2)14)6-9(15)12-17-7-11/h3-7,11H2,1-2H3,(H,12,15). The maximum Gasteiger partial charge on any atom is 0.263 e. The van der Waals surface area contributed by atoms with E-state index in [1.165, 1.54) is 11.8 Å². The second-order valence-electron chi connectivity index (χ2n) is 3.54. The highest BCUT2D eigenvalue weighted by Crippen LogP contribution is 1.98. The number of hydrogen-bond donors (Lipinski definition) is 2. The van der Waals surface area contributed by atoms with E-state index in [1.807, 2.05) is 6.92 Å². The summed E-state index contributed by atoms with van der Waals surface area (Å²) in [6.07, 6.45) is 0.965. The number of ketones is 1. The van der Waals surface area contributed by atoms with E-state index >= 15 is 0 Å². The molecule has 0 fully saturated rings. The van der Waals surface area contributed by atoms with E-state index in [0.717, 1.165) is 0 Å². The van der Waals surface area contributed by atoms with Gasteiger partial charge >= 0.3 is 0 Å². The Kier molecular flexibility index (Phi) is 7.91. The van der Waals surface area contributed by atoms with Crippen molar-refractivity contribution in [3.8, 4) is 0 Å². The highest BCUT2D eigenvalue weighted by Gasteiger charge is 2.17. The lowest BCUT2D eigenvalue weighted by molar-refractivity contribution is -0.143. The fraction of sp³-hybridized carbons (Fsp3) is 0.700. The van der Waals surface area contributed by atoms with Gasteiger partial charge in [-0.05, 0) is 13.3 Å². The lowest BCUT2D eigenvalue weighted by Crippen LogP contribution is -2.43. The van der Waals surface area contributed by atoms with Crippen molar-refractivity contribution in [2.45, 2.75) is 26.7 Å². The van der Waals surface area contributed by atoms with Crippen LogP contribution in [0.25, 0.3) is 0 Å². The second-order valence-corrected chi connectivity index (χ2v) is 3.54. The Morgan fingerprint density at radius 2 is 1.94 bits per heavy atom. The first kappa shape index (κ1) is 15.5. The van der Waals surface area contributed by atoms with Crippen molar-refractivity contribution in [1.82, 2.24) is 10.4 Å². The lowest BCUT2D eigenvalue weighted by atomic mass is 10.2. The summed E-state index contributed by atoms with van der Waals surface area (Å²) in [6.45, 7) is 2.77. The molecule has 0 heterocycles. The number of hydroxylamine groups is 1. The predicted octanol–water partition coefficient (Wildman–Crippen LogP) is -0.832. The maximum absolute atomic E-state index is 11.6. The summed E-state index contributed by atoms with van der Waals surface area (Å²) in [5, 5.41) is 0. The van der Waals surface area contributed by atoms with Crippen molar-refractivity contribution < 1.29 is 19.2 Å². The van der Waals surface area contributed by atoms with Gasteiger partial charge in [-0.1, -0.05) is 6.92 Å². The summed E-state index contributed by atoms with van der Waals surface area (Å²) >= 11 is 0. The molecule has 0 aromatic heterocycles. The Labute approximate surface area is 100 Å². The van der Waals surface area contributed by atoms with Gasteiger partial charge in [-0.15, -0.1) is 0 Å². The summed E-state index contributed by atoms with van der Waals surface area (Å²) in [6, 6.07) is 0. The molecule has 7 heteroatoms. The fourth-order valence-corrected chi connectivity index (χ4v) is 1.20. The molecule has 98 valence electrons. The lowest BCUT2D eigenvalue weighted by Gasteiger charge is -2.20. The number of hydrogen-bond acceptors (Lipinski definition) is 5. The summed E-state index contributed by atoms with van der Waals surface area (Å²) < 4.78 is 0. The molecule has 3 N–H and O–H groups in total. The van der Waals surface area contributed by atoms with Crippen LogP contribution >= 0.6 is 0 Å². The van der Waals surface area contributed by atoms with Gasteiger partial charge in [0.25, 0.3) is 5.91 Å². The molecule has 0 radical (unpaired) electrons. The van der Waals surface area contributed by atoms with E-state index in [4.69, 9.17) is 5.73 Å². The van der Waals surface area contributed by atoms with Gasteiger partial charge in [-0.25, -0.2) is 5.48 Å². The summed E-state index contributed by atoms with van der Waals surface area (Å²) in [4.78, 5) is 39.6. The Morgan fingerprint density at radius 1 is 1.29 bits per heavy atom. The van der Waals surface area contributed by atoms with Crippen LogP contribution in [-0.2, 0) is 19.2 Å². The van der Waals surface area contributed by atoms with Crippen LogP contribution in [0.1, 0.15) is 26.7 Å². The van der Waals surface area contributed by atoms with Crippen molar-refractivity contribution in [2.24, 2.45) is 5.73 Å². The zero-order valence-electron chi connectivity index (χ0n) is 10.2. The molecule has 0 aliphatic rings. The first-order chi connectivity index (χ1) is 8.01. The average molecular weight is 245 g/mol.